The monoisotopic (exact) mass is 378 g/mol. The molecule has 0 aliphatic heterocycles. The molecular weight excluding hydrogens is 364 g/mol. The Kier molecular flexibility index (Phi) is 4.88. The zero-order chi connectivity index (χ0) is 18.5. The van der Waals surface area contributed by atoms with Crippen LogP contribution in [0.3, 0.4) is 0 Å². The predicted molar refractivity (Wildman–Crippen MR) is 101 cm³/mol. The Bertz CT molecular complexity index is 1010. The first-order valence-corrected chi connectivity index (χ1v) is 8.96. The summed E-state index contributed by atoms with van der Waals surface area (Å²) in [5.41, 5.74) is 1.37. The summed E-state index contributed by atoms with van der Waals surface area (Å²) in [6, 6.07) is 10.7. The maximum Gasteiger partial charge on any atom is 0.237 e. The van der Waals surface area contributed by atoms with Gasteiger partial charge in [-0.25, -0.2) is 9.97 Å². The summed E-state index contributed by atoms with van der Waals surface area (Å²) < 4.78 is 10.9. The van der Waals surface area contributed by atoms with Crippen molar-refractivity contribution in [1.29, 1.82) is 0 Å². The molecule has 4 rings (SSSR count). The maximum absolute atomic E-state index is 12.2. The van der Waals surface area contributed by atoms with Crippen molar-refractivity contribution in [2.24, 2.45) is 0 Å². The molecule has 3 heterocycles. The first-order valence-electron chi connectivity index (χ1n) is 8.08. The molecule has 0 unspecified atom stereocenters. The van der Waals surface area contributed by atoms with Gasteiger partial charge in [-0.3, -0.25) is 9.78 Å². The molecule has 0 radical (unpaired) electrons. The minimum Gasteiger partial charge on any atom is -0.462 e. The molecule has 7 nitrogen and oxygen atoms in total. The summed E-state index contributed by atoms with van der Waals surface area (Å²) in [6.07, 6.45) is 6.45. The lowest BCUT2D eigenvalue weighted by Crippen LogP contribution is -2.14. The van der Waals surface area contributed by atoms with E-state index in [0.717, 1.165) is 5.01 Å². The van der Waals surface area contributed by atoms with Gasteiger partial charge in [-0.15, -0.1) is 11.3 Å². The van der Waals surface area contributed by atoms with Gasteiger partial charge in [0.2, 0.25) is 11.8 Å². The van der Waals surface area contributed by atoms with Crippen LogP contribution in [0.25, 0.3) is 10.8 Å². The number of ether oxygens (including phenoxy) is 1. The second-order valence-electron chi connectivity index (χ2n) is 5.52. The molecule has 134 valence electrons. The van der Waals surface area contributed by atoms with Crippen molar-refractivity contribution in [2.75, 3.05) is 5.32 Å². The Morgan fingerprint density at radius 1 is 1.19 bits per heavy atom. The number of aromatic nitrogens is 3. The molecule has 0 spiro atoms. The Morgan fingerprint density at radius 2 is 2.07 bits per heavy atom. The summed E-state index contributed by atoms with van der Waals surface area (Å²) in [5.74, 6) is 1.57. The van der Waals surface area contributed by atoms with E-state index in [1.807, 2.05) is 11.4 Å². The van der Waals surface area contributed by atoms with Crippen LogP contribution in [0.1, 0.15) is 5.69 Å². The summed E-state index contributed by atoms with van der Waals surface area (Å²) in [7, 11) is 0. The molecule has 1 aromatic carbocycles. The third-order valence-electron chi connectivity index (χ3n) is 3.53. The fourth-order valence-corrected chi connectivity index (χ4v) is 3.12. The van der Waals surface area contributed by atoms with Gasteiger partial charge in [0.25, 0.3) is 0 Å². The average molecular weight is 378 g/mol. The molecule has 0 fully saturated rings. The highest BCUT2D eigenvalue weighted by atomic mass is 32.1. The first-order chi connectivity index (χ1) is 13.3. The third-order valence-corrected chi connectivity index (χ3v) is 4.43. The number of carbonyl (C=O) groups excluding carboxylic acids is 1. The molecule has 0 bridgehead atoms. The number of hydrogen-bond donors (Lipinski definition) is 1. The molecule has 0 saturated heterocycles. The average Bonchev–Trinajstić information content (AvgIpc) is 3.36. The van der Waals surface area contributed by atoms with Crippen LogP contribution in [-0.2, 0) is 11.2 Å². The number of anilines is 1. The van der Waals surface area contributed by atoms with Crippen LogP contribution in [0.5, 0.6) is 11.6 Å². The smallest absolute Gasteiger partial charge is 0.237 e. The molecule has 27 heavy (non-hydrogen) atoms. The number of nitrogens with zero attached hydrogens (tertiary/aromatic N) is 3. The molecule has 8 heteroatoms. The van der Waals surface area contributed by atoms with E-state index in [0.29, 0.717) is 28.8 Å². The predicted octanol–water partition coefficient (Wildman–Crippen LogP) is 4.17. The van der Waals surface area contributed by atoms with Crippen LogP contribution >= 0.6 is 11.3 Å². The van der Waals surface area contributed by atoms with Gasteiger partial charge in [0.1, 0.15) is 5.75 Å². The zero-order valence-corrected chi connectivity index (χ0v) is 14.8. The van der Waals surface area contributed by atoms with E-state index in [-0.39, 0.29) is 12.3 Å². The normalized spacial score (nSPS) is 10.5. The number of rotatable bonds is 6. The number of benzene rings is 1. The molecule has 1 N–H and O–H groups in total. The molecule has 0 atom stereocenters. The van der Waals surface area contributed by atoms with E-state index in [1.165, 1.54) is 17.5 Å². The van der Waals surface area contributed by atoms with Crippen LogP contribution in [-0.4, -0.2) is 20.9 Å². The van der Waals surface area contributed by atoms with Crippen LogP contribution in [0.4, 0.5) is 5.69 Å². The number of carbonyl (C=O) groups is 1. The lowest BCUT2D eigenvalue weighted by molar-refractivity contribution is -0.115. The second-order valence-corrected chi connectivity index (χ2v) is 6.37. The number of nitrogens with one attached hydrogen (secondary N) is 1. The molecule has 0 saturated carbocycles. The first kappa shape index (κ1) is 16.9. The molecule has 1 amide bonds. The van der Waals surface area contributed by atoms with Gasteiger partial charge in [-0.1, -0.05) is 0 Å². The van der Waals surface area contributed by atoms with Gasteiger partial charge in [0.15, 0.2) is 10.8 Å². The van der Waals surface area contributed by atoms with E-state index in [1.54, 1.807) is 49.0 Å². The van der Waals surface area contributed by atoms with Crippen molar-refractivity contribution in [2.45, 2.75) is 6.42 Å². The summed E-state index contributed by atoms with van der Waals surface area (Å²) in [5, 5.41) is 5.46. The van der Waals surface area contributed by atoms with Gasteiger partial charge >= 0.3 is 0 Å². The maximum atomic E-state index is 12.2. The van der Waals surface area contributed by atoms with Crippen LogP contribution in [0, 0.1) is 0 Å². The van der Waals surface area contributed by atoms with Crippen molar-refractivity contribution in [3.05, 3.63) is 72.3 Å². The Hall–Kier alpha value is -3.52. The minimum absolute atomic E-state index is 0.145. The topological polar surface area (TPSA) is 90.1 Å². The van der Waals surface area contributed by atoms with E-state index in [2.05, 4.69) is 20.3 Å². The van der Waals surface area contributed by atoms with Crippen LogP contribution < -0.4 is 10.1 Å². The van der Waals surface area contributed by atoms with E-state index >= 15 is 0 Å². The Morgan fingerprint density at radius 3 is 2.81 bits per heavy atom. The third kappa shape index (κ3) is 4.36. The summed E-state index contributed by atoms with van der Waals surface area (Å²) in [4.78, 5) is 24.6. The van der Waals surface area contributed by atoms with E-state index in [9.17, 15) is 4.79 Å². The molecule has 4 aromatic rings. The SMILES string of the molecule is O=C(Cc1csc(-c2ccco2)n1)Nc1ccc(Oc2cnccn2)cc1. The number of thiazole rings is 1. The van der Waals surface area contributed by atoms with Crippen molar-refractivity contribution in [3.63, 3.8) is 0 Å². The second kappa shape index (κ2) is 7.79. The molecule has 0 aliphatic rings. The summed E-state index contributed by atoms with van der Waals surface area (Å²) in [6.45, 7) is 0. The number of hydrogen-bond acceptors (Lipinski definition) is 7. The Balaban J connectivity index is 1.34. The quantitative estimate of drug-likeness (QED) is 0.542. The van der Waals surface area contributed by atoms with E-state index in [4.69, 9.17) is 9.15 Å². The van der Waals surface area contributed by atoms with Crippen molar-refractivity contribution in [3.8, 4) is 22.4 Å². The highest BCUT2D eigenvalue weighted by Gasteiger charge is 2.11. The highest BCUT2D eigenvalue weighted by Crippen LogP contribution is 2.24. The van der Waals surface area contributed by atoms with Gasteiger partial charge in [0, 0.05) is 23.5 Å². The van der Waals surface area contributed by atoms with Crippen molar-refractivity contribution in [1.82, 2.24) is 15.0 Å². The van der Waals surface area contributed by atoms with Gasteiger partial charge in [-0.05, 0) is 36.4 Å². The van der Waals surface area contributed by atoms with Crippen molar-refractivity contribution >= 4 is 22.9 Å². The Labute approximate surface area is 158 Å². The lowest BCUT2D eigenvalue weighted by Gasteiger charge is -2.07. The van der Waals surface area contributed by atoms with Crippen LogP contribution in [0.2, 0.25) is 0 Å². The lowest BCUT2D eigenvalue weighted by atomic mass is 10.2. The van der Waals surface area contributed by atoms with Crippen molar-refractivity contribution < 1.29 is 13.9 Å². The van der Waals surface area contributed by atoms with Crippen LogP contribution in [0.15, 0.2) is 71.0 Å². The fourth-order valence-electron chi connectivity index (χ4n) is 2.34. The summed E-state index contributed by atoms with van der Waals surface area (Å²) >= 11 is 1.45. The standard InChI is InChI=1S/C19H14N4O3S/c24-17(10-14-12-27-19(23-14)16-2-1-9-25-16)22-13-3-5-15(6-4-13)26-18-11-20-7-8-21-18/h1-9,11-12H,10H2,(H,22,24). The molecule has 0 aliphatic carbocycles. The largest absolute Gasteiger partial charge is 0.462 e. The molecular formula is C19H14N4O3S. The molecule has 3 aromatic heterocycles. The zero-order valence-electron chi connectivity index (χ0n) is 14.0. The van der Waals surface area contributed by atoms with E-state index < -0.39 is 0 Å². The number of amides is 1. The van der Waals surface area contributed by atoms with Gasteiger partial charge in [-0.2, -0.15) is 0 Å². The number of furan rings is 1. The van der Waals surface area contributed by atoms with Gasteiger partial charge in [0.05, 0.1) is 24.6 Å². The van der Waals surface area contributed by atoms with Gasteiger partial charge < -0.3 is 14.5 Å². The highest BCUT2D eigenvalue weighted by molar-refractivity contribution is 7.13. The fraction of sp³-hybridized carbons (Fsp3) is 0.0526. The minimum atomic E-state index is -0.145.